The Hall–Kier alpha value is -2.62. The summed E-state index contributed by atoms with van der Waals surface area (Å²) in [7, 11) is 0. The second-order valence-corrected chi connectivity index (χ2v) is 4.78. The summed E-state index contributed by atoms with van der Waals surface area (Å²) in [5.74, 6) is 0.854. The number of hydrogen-bond donors (Lipinski definition) is 0. The molecular weight excluding hydrogens is 280 g/mol. The minimum atomic E-state index is -0.334. The van der Waals surface area contributed by atoms with E-state index in [2.05, 4.69) is 0 Å². The molecule has 0 saturated carbocycles. The van der Waals surface area contributed by atoms with Crippen molar-refractivity contribution < 1.29 is 19.1 Å². The van der Waals surface area contributed by atoms with E-state index in [0.717, 1.165) is 11.8 Å². The number of carbonyl (C=O) groups is 2. The molecule has 0 aromatic heterocycles. The van der Waals surface area contributed by atoms with Crippen LogP contribution < -0.4 is 9.47 Å². The minimum absolute atomic E-state index is 0.241. The van der Waals surface area contributed by atoms with Crippen LogP contribution in [-0.4, -0.2) is 12.3 Å². The smallest absolute Gasteiger partial charge is 0.311 e. The van der Waals surface area contributed by atoms with Gasteiger partial charge in [0.2, 0.25) is 0 Å². The SMILES string of the molecule is O=CCCCC(=O)Oc1ccc(OCc2ccccc2)cc1. The molecule has 0 saturated heterocycles. The lowest BCUT2D eigenvalue weighted by atomic mass is 10.2. The van der Waals surface area contributed by atoms with Crippen LogP contribution in [0.1, 0.15) is 24.8 Å². The Morgan fingerprint density at radius 2 is 1.64 bits per heavy atom. The van der Waals surface area contributed by atoms with Crippen LogP contribution in [0.3, 0.4) is 0 Å². The lowest BCUT2D eigenvalue weighted by molar-refractivity contribution is -0.134. The molecule has 0 spiro atoms. The molecule has 0 fully saturated rings. The van der Waals surface area contributed by atoms with Crippen molar-refractivity contribution in [2.45, 2.75) is 25.9 Å². The fourth-order valence-corrected chi connectivity index (χ4v) is 1.86. The van der Waals surface area contributed by atoms with Gasteiger partial charge in [-0.1, -0.05) is 30.3 Å². The third-order valence-corrected chi connectivity index (χ3v) is 3.01. The highest BCUT2D eigenvalue weighted by molar-refractivity contribution is 5.72. The Morgan fingerprint density at radius 1 is 0.955 bits per heavy atom. The lowest BCUT2D eigenvalue weighted by Gasteiger charge is -2.08. The third kappa shape index (κ3) is 5.40. The zero-order valence-electron chi connectivity index (χ0n) is 12.2. The molecule has 0 aliphatic heterocycles. The molecule has 0 heterocycles. The number of benzene rings is 2. The Morgan fingerprint density at radius 3 is 2.32 bits per heavy atom. The van der Waals surface area contributed by atoms with E-state index in [0.29, 0.717) is 30.9 Å². The van der Waals surface area contributed by atoms with Crippen LogP contribution >= 0.6 is 0 Å². The molecule has 2 aromatic rings. The van der Waals surface area contributed by atoms with E-state index >= 15 is 0 Å². The van der Waals surface area contributed by atoms with Gasteiger partial charge in [-0.2, -0.15) is 0 Å². The fraction of sp³-hybridized carbons (Fsp3) is 0.222. The predicted molar refractivity (Wildman–Crippen MR) is 82.8 cm³/mol. The topological polar surface area (TPSA) is 52.6 Å². The van der Waals surface area contributed by atoms with Gasteiger partial charge in [-0.3, -0.25) is 4.79 Å². The van der Waals surface area contributed by atoms with Gasteiger partial charge < -0.3 is 14.3 Å². The quantitative estimate of drug-likeness (QED) is 0.324. The van der Waals surface area contributed by atoms with E-state index in [9.17, 15) is 9.59 Å². The Kier molecular flexibility index (Phi) is 6.18. The molecule has 0 N–H and O–H groups in total. The van der Waals surface area contributed by atoms with Crippen molar-refractivity contribution in [3.8, 4) is 11.5 Å². The van der Waals surface area contributed by atoms with Gasteiger partial charge in [-0.25, -0.2) is 0 Å². The van der Waals surface area contributed by atoms with E-state index in [-0.39, 0.29) is 12.4 Å². The summed E-state index contributed by atoms with van der Waals surface area (Å²) in [5, 5.41) is 0. The van der Waals surface area contributed by atoms with Gasteiger partial charge in [0, 0.05) is 12.8 Å². The molecule has 2 rings (SSSR count). The molecule has 4 heteroatoms. The first-order valence-electron chi connectivity index (χ1n) is 7.19. The van der Waals surface area contributed by atoms with Crippen LogP contribution in [0.5, 0.6) is 11.5 Å². The molecular formula is C18H18O4. The molecule has 0 aliphatic rings. The lowest BCUT2D eigenvalue weighted by Crippen LogP contribution is -2.07. The maximum atomic E-state index is 11.5. The van der Waals surface area contributed by atoms with Crippen molar-refractivity contribution in [3.63, 3.8) is 0 Å². The number of ether oxygens (including phenoxy) is 2. The van der Waals surface area contributed by atoms with Crippen LogP contribution in [0.15, 0.2) is 54.6 Å². The maximum absolute atomic E-state index is 11.5. The first-order valence-corrected chi connectivity index (χ1v) is 7.19. The highest BCUT2D eigenvalue weighted by Gasteiger charge is 2.05. The zero-order chi connectivity index (χ0) is 15.6. The Labute approximate surface area is 129 Å². The van der Waals surface area contributed by atoms with Crippen molar-refractivity contribution in [1.29, 1.82) is 0 Å². The molecule has 0 unspecified atom stereocenters. The fourth-order valence-electron chi connectivity index (χ4n) is 1.86. The summed E-state index contributed by atoms with van der Waals surface area (Å²) >= 11 is 0. The average molecular weight is 298 g/mol. The molecule has 0 amide bonds. The monoisotopic (exact) mass is 298 g/mol. The average Bonchev–Trinajstić information content (AvgIpc) is 2.55. The minimum Gasteiger partial charge on any atom is -0.489 e. The van der Waals surface area contributed by atoms with Crippen molar-refractivity contribution in [1.82, 2.24) is 0 Å². The summed E-state index contributed by atoms with van der Waals surface area (Å²) in [4.78, 5) is 21.7. The number of esters is 1. The van der Waals surface area contributed by atoms with Gasteiger partial charge in [-0.15, -0.1) is 0 Å². The summed E-state index contributed by atoms with van der Waals surface area (Å²) in [6, 6.07) is 16.8. The van der Waals surface area contributed by atoms with Gasteiger partial charge in [0.25, 0.3) is 0 Å². The summed E-state index contributed by atoms with van der Waals surface area (Å²) < 4.78 is 10.8. The zero-order valence-corrected chi connectivity index (χ0v) is 12.2. The van der Waals surface area contributed by atoms with Crippen LogP contribution in [0, 0.1) is 0 Å². The molecule has 0 radical (unpaired) electrons. The molecule has 0 atom stereocenters. The number of unbranched alkanes of at least 4 members (excludes halogenated alkanes) is 1. The number of carbonyl (C=O) groups excluding carboxylic acids is 2. The standard InChI is InChI=1S/C18H18O4/c19-13-5-4-8-18(20)22-17-11-9-16(10-12-17)21-14-15-6-2-1-3-7-15/h1-3,6-7,9-13H,4-5,8,14H2. The highest BCUT2D eigenvalue weighted by Crippen LogP contribution is 2.19. The van der Waals surface area contributed by atoms with Crippen molar-refractivity contribution >= 4 is 12.3 Å². The van der Waals surface area contributed by atoms with Crippen molar-refractivity contribution in [3.05, 3.63) is 60.2 Å². The molecule has 0 bridgehead atoms. The summed E-state index contributed by atoms with van der Waals surface area (Å²) in [6.07, 6.45) is 1.93. The van der Waals surface area contributed by atoms with E-state index in [4.69, 9.17) is 9.47 Å². The second-order valence-electron chi connectivity index (χ2n) is 4.78. The van der Waals surface area contributed by atoms with E-state index < -0.39 is 0 Å². The molecule has 114 valence electrons. The van der Waals surface area contributed by atoms with Gasteiger partial charge >= 0.3 is 5.97 Å². The van der Waals surface area contributed by atoms with Crippen LogP contribution in [0.25, 0.3) is 0 Å². The van der Waals surface area contributed by atoms with Gasteiger partial charge in [0.05, 0.1) is 0 Å². The maximum Gasteiger partial charge on any atom is 0.311 e. The van der Waals surface area contributed by atoms with Gasteiger partial charge in [-0.05, 0) is 36.2 Å². The third-order valence-electron chi connectivity index (χ3n) is 3.01. The van der Waals surface area contributed by atoms with E-state index in [1.165, 1.54) is 0 Å². The second kappa shape index (κ2) is 8.62. The van der Waals surface area contributed by atoms with Crippen molar-refractivity contribution in [2.24, 2.45) is 0 Å². The summed E-state index contributed by atoms with van der Waals surface area (Å²) in [5.41, 5.74) is 1.09. The largest absolute Gasteiger partial charge is 0.489 e. The molecule has 4 nitrogen and oxygen atoms in total. The van der Waals surface area contributed by atoms with Crippen molar-refractivity contribution in [2.75, 3.05) is 0 Å². The molecule has 2 aromatic carbocycles. The number of aldehydes is 1. The summed E-state index contributed by atoms with van der Waals surface area (Å²) in [6.45, 7) is 0.492. The first-order chi connectivity index (χ1) is 10.8. The van der Waals surface area contributed by atoms with Crippen LogP contribution in [-0.2, 0) is 16.2 Å². The number of hydrogen-bond acceptors (Lipinski definition) is 4. The Balaban J connectivity index is 1.80. The normalized spacial score (nSPS) is 10.0. The number of rotatable bonds is 8. The van der Waals surface area contributed by atoms with Gasteiger partial charge in [0.1, 0.15) is 24.4 Å². The Bertz CT molecular complexity index is 590. The van der Waals surface area contributed by atoms with Crippen LogP contribution in [0.4, 0.5) is 0 Å². The van der Waals surface area contributed by atoms with Gasteiger partial charge in [0.15, 0.2) is 0 Å². The highest BCUT2D eigenvalue weighted by atomic mass is 16.5. The first kappa shape index (κ1) is 15.8. The predicted octanol–water partition coefficient (Wildman–Crippen LogP) is 3.54. The van der Waals surface area contributed by atoms with E-state index in [1.807, 2.05) is 30.3 Å². The van der Waals surface area contributed by atoms with Crippen LogP contribution in [0.2, 0.25) is 0 Å². The molecule has 22 heavy (non-hydrogen) atoms. The van der Waals surface area contributed by atoms with E-state index in [1.54, 1.807) is 24.3 Å². The molecule has 0 aliphatic carbocycles.